The summed E-state index contributed by atoms with van der Waals surface area (Å²) in [7, 11) is 0. The minimum Gasteiger partial charge on any atom is -0.488 e. The van der Waals surface area contributed by atoms with Crippen molar-refractivity contribution in [1.82, 2.24) is 0 Å². The summed E-state index contributed by atoms with van der Waals surface area (Å²) in [5.41, 5.74) is 8.71. The highest BCUT2D eigenvalue weighted by Crippen LogP contribution is 2.38. The van der Waals surface area contributed by atoms with Crippen molar-refractivity contribution in [2.45, 2.75) is 25.4 Å². The fraction of sp³-hybridized carbons (Fsp3) is 0.417. The molecule has 84 valence electrons. The summed E-state index contributed by atoms with van der Waals surface area (Å²) in [6.45, 7) is 0.532. The van der Waals surface area contributed by atoms with E-state index < -0.39 is 0 Å². The maximum atomic E-state index is 11.3. The maximum absolute atomic E-state index is 11.3. The minimum atomic E-state index is 0.0434. The van der Waals surface area contributed by atoms with Crippen molar-refractivity contribution in [3.05, 3.63) is 23.3 Å². The van der Waals surface area contributed by atoms with Crippen molar-refractivity contribution in [3.8, 4) is 5.75 Å². The van der Waals surface area contributed by atoms with Gasteiger partial charge in [-0.05, 0) is 24.5 Å². The Morgan fingerprint density at radius 2 is 2.38 bits per heavy atom. The summed E-state index contributed by atoms with van der Waals surface area (Å²) >= 11 is 0. The smallest absolute Gasteiger partial charge is 0.229 e. The monoisotopic (exact) mass is 218 g/mol. The van der Waals surface area contributed by atoms with E-state index in [0.29, 0.717) is 13.0 Å². The van der Waals surface area contributed by atoms with E-state index in [1.807, 2.05) is 12.1 Å². The van der Waals surface area contributed by atoms with Crippen molar-refractivity contribution in [3.63, 3.8) is 0 Å². The molecule has 16 heavy (non-hydrogen) atoms. The zero-order chi connectivity index (χ0) is 11.1. The van der Waals surface area contributed by atoms with Crippen LogP contribution in [0.15, 0.2) is 12.1 Å². The van der Waals surface area contributed by atoms with Crippen molar-refractivity contribution in [1.29, 1.82) is 0 Å². The standard InChI is InChI=1S/C12H14N2O2/c13-6-8-3-1-7-2-4-10-9(12(7)16-8)5-11(15)14-10/h2,4,8H,1,3,5-6,13H2,(H,14,15). The van der Waals surface area contributed by atoms with Gasteiger partial charge >= 0.3 is 0 Å². The second kappa shape index (κ2) is 3.49. The molecule has 0 spiro atoms. The number of fused-ring (bicyclic) bond motifs is 3. The van der Waals surface area contributed by atoms with Crippen LogP contribution in [0.3, 0.4) is 0 Å². The molecule has 2 aliphatic heterocycles. The van der Waals surface area contributed by atoms with Crippen molar-refractivity contribution in [2.75, 3.05) is 11.9 Å². The van der Waals surface area contributed by atoms with E-state index in [4.69, 9.17) is 10.5 Å². The Bertz CT molecular complexity index is 457. The average Bonchev–Trinajstić information content (AvgIpc) is 2.69. The molecular weight excluding hydrogens is 204 g/mol. The number of anilines is 1. The van der Waals surface area contributed by atoms with Crippen LogP contribution >= 0.6 is 0 Å². The maximum Gasteiger partial charge on any atom is 0.229 e. The van der Waals surface area contributed by atoms with Crippen LogP contribution in [0, 0.1) is 0 Å². The zero-order valence-corrected chi connectivity index (χ0v) is 8.95. The van der Waals surface area contributed by atoms with E-state index in [9.17, 15) is 4.79 Å². The lowest BCUT2D eigenvalue weighted by molar-refractivity contribution is -0.115. The number of carbonyl (C=O) groups is 1. The fourth-order valence-electron chi connectivity index (χ4n) is 2.38. The van der Waals surface area contributed by atoms with Gasteiger partial charge in [-0.15, -0.1) is 0 Å². The second-order valence-electron chi connectivity index (χ2n) is 4.32. The number of aryl methyl sites for hydroxylation is 1. The normalized spacial score (nSPS) is 22.1. The first kappa shape index (κ1) is 9.66. The number of benzene rings is 1. The number of hydrogen-bond acceptors (Lipinski definition) is 3. The van der Waals surface area contributed by atoms with Crippen molar-refractivity contribution < 1.29 is 9.53 Å². The van der Waals surface area contributed by atoms with Crippen molar-refractivity contribution >= 4 is 11.6 Å². The Hall–Kier alpha value is -1.55. The summed E-state index contributed by atoms with van der Waals surface area (Å²) in [5, 5.41) is 2.83. The molecule has 2 aliphatic rings. The van der Waals surface area contributed by atoms with Gasteiger partial charge in [0.05, 0.1) is 6.42 Å². The molecule has 1 atom stereocenters. The molecule has 0 saturated heterocycles. The summed E-state index contributed by atoms with van der Waals surface area (Å²) in [6.07, 6.45) is 2.47. The van der Waals surface area contributed by atoms with Gasteiger partial charge in [-0.2, -0.15) is 0 Å². The lowest BCUT2D eigenvalue weighted by Crippen LogP contribution is -2.30. The number of hydrogen-bond donors (Lipinski definition) is 2. The highest BCUT2D eigenvalue weighted by molar-refractivity contribution is 6.00. The summed E-state index contributed by atoms with van der Waals surface area (Å²) in [4.78, 5) is 11.3. The van der Waals surface area contributed by atoms with Crippen LogP contribution in [0.5, 0.6) is 5.75 Å². The van der Waals surface area contributed by atoms with E-state index >= 15 is 0 Å². The van der Waals surface area contributed by atoms with Crippen LogP contribution in [0.25, 0.3) is 0 Å². The number of ether oxygens (including phenoxy) is 1. The summed E-state index contributed by atoms with van der Waals surface area (Å²) in [5.74, 6) is 0.930. The minimum absolute atomic E-state index is 0.0434. The topological polar surface area (TPSA) is 64.3 Å². The van der Waals surface area contributed by atoms with Gasteiger partial charge < -0.3 is 15.8 Å². The first-order valence-corrected chi connectivity index (χ1v) is 5.59. The third kappa shape index (κ3) is 1.38. The number of nitrogens with one attached hydrogen (secondary N) is 1. The lowest BCUT2D eigenvalue weighted by Gasteiger charge is -2.26. The summed E-state index contributed by atoms with van der Waals surface area (Å²) < 4.78 is 5.86. The lowest BCUT2D eigenvalue weighted by atomic mass is 9.98. The van der Waals surface area contributed by atoms with Gasteiger partial charge in [-0.25, -0.2) is 0 Å². The first-order chi connectivity index (χ1) is 7.78. The number of nitrogens with two attached hydrogens (primary N) is 1. The molecule has 0 aromatic heterocycles. The van der Waals surface area contributed by atoms with E-state index in [1.54, 1.807) is 0 Å². The second-order valence-corrected chi connectivity index (χ2v) is 4.32. The van der Waals surface area contributed by atoms with E-state index in [1.165, 1.54) is 5.56 Å². The third-order valence-corrected chi connectivity index (χ3v) is 3.24. The predicted octanol–water partition coefficient (Wildman–Crippen LogP) is 0.833. The molecule has 1 amide bonds. The zero-order valence-electron chi connectivity index (χ0n) is 8.95. The van der Waals surface area contributed by atoms with Crippen LogP contribution in [-0.2, 0) is 17.6 Å². The largest absolute Gasteiger partial charge is 0.488 e. The van der Waals surface area contributed by atoms with Gasteiger partial charge in [0, 0.05) is 17.8 Å². The number of carbonyl (C=O) groups excluding carboxylic acids is 1. The molecule has 2 heterocycles. The van der Waals surface area contributed by atoms with E-state index in [2.05, 4.69) is 5.32 Å². The van der Waals surface area contributed by atoms with Gasteiger partial charge in [0.25, 0.3) is 0 Å². The van der Waals surface area contributed by atoms with Crippen molar-refractivity contribution in [2.24, 2.45) is 5.73 Å². The van der Waals surface area contributed by atoms with E-state index in [0.717, 1.165) is 29.8 Å². The van der Waals surface area contributed by atoms with Crippen LogP contribution in [-0.4, -0.2) is 18.6 Å². The van der Waals surface area contributed by atoms with Crippen LogP contribution in [0.1, 0.15) is 17.5 Å². The quantitative estimate of drug-likeness (QED) is 0.734. The van der Waals surface area contributed by atoms with Gasteiger partial charge in [-0.1, -0.05) is 6.07 Å². The SMILES string of the molecule is NCC1CCc2ccc3c(c2O1)CC(=O)N3. The van der Waals surface area contributed by atoms with E-state index in [-0.39, 0.29) is 12.0 Å². The highest BCUT2D eigenvalue weighted by Gasteiger charge is 2.28. The number of rotatable bonds is 1. The predicted molar refractivity (Wildman–Crippen MR) is 60.6 cm³/mol. The third-order valence-electron chi connectivity index (χ3n) is 3.24. The molecule has 4 nitrogen and oxygen atoms in total. The molecule has 0 fully saturated rings. The van der Waals surface area contributed by atoms with Gasteiger partial charge in [0.1, 0.15) is 11.9 Å². The molecule has 0 radical (unpaired) electrons. The molecule has 1 unspecified atom stereocenters. The molecule has 0 saturated carbocycles. The van der Waals surface area contributed by atoms with Gasteiger partial charge in [0.15, 0.2) is 0 Å². The van der Waals surface area contributed by atoms with Crippen LogP contribution < -0.4 is 15.8 Å². The summed E-state index contributed by atoms with van der Waals surface area (Å²) in [6, 6.07) is 4.00. The molecule has 3 rings (SSSR count). The highest BCUT2D eigenvalue weighted by atomic mass is 16.5. The first-order valence-electron chi connectivity index (χ1n) is 5.59. The van der Waals surface area contributed by atoms with Crippen LogP contribution in [0.2, 0.25) is 0 Å². The molecule has 1 aromatic carbocycles. The Kier molecular flexibility index (Phi) is 2.11. The Morgan fingerprint density at radius 1 is 1.50 bits per heavy atom. The molecular formula is C12H14N2O2. The molecule has 4 heteroatoms. The van der Waals surface area contributed by atoms with Gasteiger partial charge in [-0.3, -0.25) is 4.79 Å². The Balaban J connectivity index is 2.04. The Labute approximate surface area is 93.8 Å². The average molecular weight is 218 g/mol. The fourth-order valence-corrected chi connectivity index (χ4v) is 2.38. The molecule has 0 bridgehead atoms. The number of amides is 1. The molecule has 0 aliphatic carbocycles. The van der Waals surface area contributed by atoms with Crippen LogP contribution in [0.4, 0.5) is 5.69 Å². The Morgan fingerprint density at radius 3 is 3.19 bits per heavy atom. The van der Waals surface area contributed by atoms with Gasteiger partial charge in [0.2, 0.25) is 5.91 Å². The molecule has 3 N–H and O–H groups in total. The molecule has 1 aromatic rings.